The van der Waals surface area contributed by atoms with Crippen molar-refractivity contribution in [3.8, 4) is 5.75 Å². The molecule has 3 aromatic rings. The summed E-state index contributed by atoms with van der Waals surface area (Å²) in [5, 5.41) is 0.992. The molecule has 0 spiro atoms. The summed E-state index contributed by atoms with van der Waals surface area (Å²) in [6, 6.07) is 12.0. The fraction of sp³-hybridized carbons (Fsp3) is 0.286. The average molecular weight is 335 g/mol. The molecule has 0 saturated heterocycles. The van der Waals surface area contributed by atoms with Crippen LogP contribution in [0, 0.1) is 13.8 Å². The molecule has 1 aromatic heterocycles. The van der Waals surface area contributed by atoms with Gasteiger partial charge in [-0.05, 0) is 61.2 Å². The Labute approximate surface area is 146 Å². The lowest BCUT2D eigenvalue weighted by atomic mass is 10.0. The molecule has 0 unspecified atom stereocenters. The zero-order valence-corrected chi connectivity index (χ0v) is 14.8. The molecular weight excluding hydrogens is 314 g/mol. The van der Waals surface area contributed by atoms with Crippen LogP contribution >= 0.6 is 0 Å². The zero-order chi connectivity index (χ0) is 17.6. The van der Waals surface area contributed by atoms with E-state index in [2.05, 4.69) is 36.9 Å². The van der Waals surface area contributed by atoms with Crippen molar-refractivity contribution in [3.63, 3.8) is 0 Å². The third-order valence-corrected chi connectivity index (χ3v) is 4.74. The molecule has 1 aliphatic rings. The van der Waals surface area contributed by atoms with Crippen LogP contribution in [0.15, 0.2) is 45.6 Å². The van der Waals surface area contributed by atoms with Crippen LogP contribution in [0.5, 0.6) is 5.75 Å². The standard InChI is InChI=1S/C21H21NO3/c1-4-15-10-20(23)25-21-17(15)5-6-19-18(21)11-22(12-24-19)16-8-13(2)7-14(3)9-16/h5-10H,4,11-12H2,1-3H3. The van der Waals surface area contributed by atoms with Gasteiger partial charge in [-0.1, -0.05) is 13.0 Å². The van der Waals surface area contributed by atoms with E-state index in [1.807, 2.05) is 19.1 Å². The van der Waals surface area contributed by atoms with Gasteiger partial charge in [0.05, 0.1) is 12.1 Å². The minimum Gasteiger partial charge on any atom is -0.473 e. The highest BCUT2D eigenvalue weighted by Gasteiger charge is 2.22. The molecule has 4 nitrogen and oxygen atoms in total. The first-order chi connectivity index (χ1) is 12.0. The van der Waals surface area contributed by atoms with Gasteiger partial charge < -0.3 is 14.1 Å². The second-order valence-electron chi connectivity index (χ2n) is 6.68. The molecule has 0 saturated carbocycles. The summed E-state index contributed by atoms with van der Waals surface area (Å²) in [7, 11) is 0. The van der Waals surface area contributed by atoms with Crippen molar-refractivity contribution >= 4 is 16.7 Å². The monoisotopic (exact) mass is 335 g/mol. The fourth-order valence-electron chi connectivity index (χ4n) is 3.59. The van der Waals surface area contributed by atoms with Gasteiger partial charge in [-0.15, -0.1) is 0 Å². The van der Waals surface area contributed by atoms with Crippen molar-refractivity contribution in [3.05, 3.63) is 69.1 Å². The molecule has 128 valence electrons. The van der Waals surface area contributed by atoms with Crippen LogP contribution in [0.4, 0.5) is 5.69 Å². The molecule has 0 N–H and O–H groups in total. The van der Waals surface area contributed by atoms with Crippen LogP contribution < -0.4 is 15.3 Å². The maximum absolute atomic E-state index is 12.0. The third kappa shape index (κ3) is 2.78. The number of anilines is 1. The van der Waals surface area contributed by atoms with Gasteiger partial charge in [0.2, 0.25) is 0 Å². The minimum atomic E-state index is -0.304. The van der Waals surface area contributed by atoms with E-state index >= 15 is 0 Å². The third-order valence-electron chi connectivity index (χ3n) is 4.74. The SMILES string of the molecule is CCc1cc(=O)oc2c3c(ccc12)OCN(c1cc(C)cc(C)c1)C3. The number of rotatable bonds is 2. The molecule has 4 heteroatoms. The largest absolute Gasteiger partial charge is 0.473 e. The number of nitrogens with zero attached hydrogens (tertiary/aromatic N) is 1. The number of benzene rings is 2. The average Bonchev–Trinajstić information content (AvgIpc) is 2.59. The molecule has 0 bridgehead atoms. The fourth-order valence-corrected chi connectivity index (χ4v) is 3.59. The summed E-state index contributed by atoms with van der Waals surface area (Å²) in [4.78, 5) is 14.1. The Morgan fingerprint density at radius 2 is 1.84 bits per heavy atom. The Bertz CT molecular complexity index is 999. The second kappa shape index (κ2) is 5.96. The molecule has 0 amide bonds. The Hall–Kier alpha value is -2.75. The number of hydrogen-bond donors (Lipinski definition) is 0. The lowest BCUT2D eigenvalue weighted by molar-refractivity contribution is 0.289. The van der Waals surface area contributed by atoms with E-state index in [0.717, 1.165) is 34.4 Å². The minimum absolute atomic E-state index is 0.304. The van der Waals surface area contributed by atoms with Crippen LogP contribution in [0.1, 0.15) is 29.2 Å². The maximum atomic E-state index is 12.0. The highest BCUT2D eigenvalue weighted by molar-refractivity contribution is 5.85. The molecule has 25 heavy (non-hydrogen) atoms. The normalized spacial score (nSPS) is 13.6. The summed E-state index contributed by atoms with van der Waals surface area (Å²) in [6.07, 6.45) is 0.794. The van der Waals surface area contributed by atoms with Gasteiger partial charge >= 0.3 is 5.63 Å². The Morgan fingerprint density at radius 3 is 2.56 bits per heavy atom. The molecule has 1 aliphatic heterocycles. The van der Waals surface area contributed by atoms with E-state index in [-0.39, 0.29) is 5.63 Å². The first kappa shape index (κ1) is 15.8. The number of aryl methyl sites for hydroxylation is 3. The van der Waals surface area contributed by atoms with Crippen LogP contribution in [-0.2, 0) is 13.0 Å². The maximum Gasteiger partial charge on any atom is 0.336 e. The Morgan fingerprint density at radius 1 is 1.08 bits per heavy atom. The molecule has 0 fully saturated rings. The Balaban J connectivity index is 1.84. The molecule has 2 heterocycles. The van der Waals surface area contributed by atoms with E-state index in [1.54, 1.807) is 6.07 Å². The van der Waals surface area contributed by atoms with Gasteiger partial charge in [-0.2, -0.15) is 0 Å². The van der Waals surface area contributed by atoms with Gasteiger partial charge in [0.1, 0.15) is 11.3 Å². The van der Waals surface area contributed by atoms with E-state index < -0.39 is 0 Å². The van der Waals surface area contributed by atoms with Crippen LogP contribution in [0.3, 0.4) is 0 Å². The molecule has 0 aliphatic carbocycles. The lowest BCUT2D eigenvalue weighted by Crippen LogP contribution is -2.32. The Kier molecular flexibility index (Phi) is 3.75. The summed E-state index contributed by atoms with van der Waals surface area (Å²) in [5.74, 6) is 0.796. The van der Waals surface area contributed by atoms with Gasteiger partial charge in [-0.25, -0.2) is 4.79 Å². The highest BCUT2D eigenvalue weighted by Crippen LogP contribution is 2.35. The van der Waals surface area contributed by atoms with Gasteiger partial charge in [-0.3, -0.25) is 0 Å². The van der Waals surface area contributed by atoms with E-state index in [0.29, 0.717) is 18.9 Å². The molecule has 0 atom stereocenters. The zero-order valence-electron chi connectivity index (χ0n) is 14.8. The van der Waals surface area contributed by atoms with E-state index in [4.69, 9.17) is 9.15 Å². The summed E-state index contributed by atoms with van der Waals surface area (Å²) in [5.41, 5.74) is 5.86. The van der Waals surface area contributed by atoms with E-state index in [9.17, 15) is 4.79 Å². The first-order valence-electron chi connectivity index (χ1n) is 8.60. The summed E-state index contributed by atoms with van der Waals surface area (Å²) in [6.45, 7) is 7.38. The van der Waals surface area contributed by atoms with Crippen molar-refractivity contribution in [2.24, 2.45) is 0 Å². The first-order valence-corrected chi connectivity index (χ1v) is 8.60. The highest BCUT2D eigenvalue weighted by atomic mass is 16.5. The smallest absolute Gasteiger partial charge is 0.336 e. The predicted molar refractivity (Wildman–Crippen MR) is 99.5 cm³/mol. The topological polar surface area (TPSA) is 42.7 Å². The quantitative estimate of drug-likeness (QED) is 0.654. The van der Waals surface area contributed by atoms with Gasteiger partial charge in [0.15, 0.2) is 6.73 Å². The van der Waals surface area contributed by atoms with Crippen LogP contribution in [0.25, 0.3) is 11.0 Å². The molecule has 2 aromatic carbocycles. The number of hydrogen-bond acceptors (Lipinski definition) is 4. The van der Waals surface area contributed by atoms with Crippen molar-refractivity contribution < 1.29 is 9.15 Å². The summed E-state index contributed by atoms with van der Waals surface area (Å²) < 4.78 is 11.5. The van der Waals surface area contributed by atoms with Crippen molar-refractivity contribution in [2.45, 2.75) is 33.7 Å². The van der Waals surface area contributed by atoms with Crippen LogP contribution in [-0.4, -0.2) is 6.73 Å². The van der Waals surface area contributed by atoms with Crippen molar-refractivity contribution in [1.82, 2.24) is 0 Å². The van der Waals surface area contributed by atoms with Crippen LogP contribution in [0.2, 0.25) is 0 Å². The van der Waals surface area contributed by atoms with Crippen molar-refractivity contribution in [2.75, 3.05) is 11.6 Å². The predicted octanol–water partition coefficient (Wildman–Crippen LogP) is 4.33. The van der Waals surface area contributed by atoms with Gasteiger partial charge in [0, 0.05) is 17.1 Å². The number of fused-ring (bicyclic) bond motifs is 3. The van der Waals surface area contributed by atoms with Gasteiger partial charge in [0.25, 0.3) is 0 Å². The molecule has 4 rings (SSSR count). The molecular formula is C21H21NO3. The second-order valence-corrected chi connectivity index (χ2v) is 6.68. The molecule has 0 radical (unpaired) electrons. The lowest BCUT2D eigenvalue weighted by Gasteiger charge is -2.31. The van der Waals surface area contributed by atoms with E-state index in [1.165, 1.54) is 11.1 Å². The van der Waals surface area contributed by atoms with Crippen molar-refractivity contribution in [1.29, 1.82) is 0 Å². The number of ether oxygens (including phenoxy) is 1. The summed E-state index contributed by atoms with van der Waals surface area (Å²) >= 11 is 0.